The van der Waals surface area contributed by atoms with E-state index in [9.17, 15) is 0 Å². The fraction of sp³-hybridized carbons (Fsp3) is 0.900. The van der Waals surface area contributed by atoms with E-state index in [-0.39, 0.29) is 6.10 Å². The van der Waals surface area contributed by atoms with Gasteiger partial charge in [0.15, 0.2) is 0 Å². The molecule has 1 fully saturated rings. The van der Waals surface area contributed by atoms with Crippen LogP contribution in [0.2, 0.25) is 0 Å². The molecule has 68 valence electrons. The van der Waals surface area contributed by atoms with Crippen molar-refractivity contribution < 1.29 is 4.74 Å². The number of nitriles is 1. The van der Waals surface area contributed by atoms with Gasteiger partial charge in [0.1, 0.15) is 6.10 Å². The Labute approximate surface area is 74.5 Å². The summed E-state index contributed by atoms with van der Waals surface area (Å²) in [6, 6.07) is 2.23. The van der Waals surface area contributed by atoms with Crippen LogP contribution >= 0.6 is 0 Å². The van der Waals surface area contributed by atoms with Crippen LogP contribution in [-0.2, 0) is 4.74 Å². The van der Waals surface area contributed by atoms with Crippen molar-refractivity contribution >= 4 is 0 Å². The number of hydrogen-bond acceptors (Lipinski definition) is 2. The summed E-state index contributed by atoms with van der Waals surface area (Å²) < 4.78 is 5.13. The molecular formula is C10H17NO. The Hall–Kier alpha value is -0.550. The largest absolute Gasteiger partial charge is 0.366 e. The molecule has 1 aliphatic rings. The number of ether oxygens (including phenoxy) is 1. The summed E-state index contributed by atoms with van der Waals surface area (Å²) in [5, 5.41) is 8.80. The molecule has 0 aromatic carbocycles. The predicted octanol–water partition coefficient (Wildman–Crippen LogP) is 2.50. The Kier molecular flexibility index (Phi) is 4.10. The molecule has 0 radical (unpaired) electrons. The van der Waals surface area contributed by atoms with Gasteiger partial charge < -0.3 is 4.74 Å². The standard InChI is InChI=1S/C10H17NO/c1-12-10(8-11)9-6-4-2-3-5-7-9/h9-10H,2-7H2,1H3. The average molecular weight is 167 g/mol. The zero-order valence-electron chi connectivity index (χ0n) is 7.75. The Balaban J connectivity index is 2.42. The maximum Gasteiger partial charge on any atom is 0.146 e. The lowest BCUT2D eigenvalue weighted by molar-refractivity contribution is 0.0882. The van der Waals surface area contributed by atoms with Crippen LogP contribution in [0.25, 0.3) is 0 Å². The van der Waals surface area contributed by atoms with Crippen LogP contribution in [0.5, 0.6) is 0 Å². The van der Waals surface area contributed by atoms with Gasteiger partial charge in [-0.3, -0.25) is 0 Å². The molecular weight excluding hydrogens is 150 g/mol. The van der Waals surface area contributed by atoms with Gasteiger partial charge >= 0.3 is 0 Å². The lowest BCUT2D eigenvalue weighted by atomic mass is 9.95. The predicted molar refractivity (Wildman–Crippen MR) is 47.6 cm³/mol. The van der Waals surface area contributed by atoms with E-state index in [2.05, 4.69) is 6.07 Å². The van der Waals surface area contributed by atoms with Crippen molar-refractivity contribution in [2.45, 2.75) is 44.6 Å². The molecule has 0 amide bonds. The Morgan fingerprint density at radius 2 is 1.83 bits per heavy atom. The van der Waals surface area contributed by atoms with E-state index in [0.29, 0.717) is 5.92 Å². The van der Waals surface area contributed by atoms with E-state index in [1.165, 1.54) is 38.5 Å². The molecule has 0 aromatic rings. The molecule has 1 unspecified atom stereocenters. The van der Waals surface area contributed by atoms with E-state index in [0.717, 1.165) is 0 Å². The highest BCUT2D eigenvalue weighted by Gasteiger charge is 2.21. The molecule has 1 saturated carbocycles. The first kappa shape index (κ1) is 9.54. The van der Waals surface area contributed by atoms with Gasteiger partial charge in [-0.1, -0.05) is 25.7 Å². The van der Waals surface area contributed by atoms with Crippen molar-refractivity contribution in [3.63, 3.8) is 0 Å². The first-order valence-electron chi connectivity index (χ1n) is 4.81. The molecule has 0 aromatic heterocycles. The van der Waals surface area contributed by atoms with Crippen LogP contribution in [0, 0.1) is 17.2 Å². The maximum atomic E-state index is 8.80. The van der Waals surface area contributed by atoms with Gasteiger partial charge in [-0.2, -0.15) is 5.26 Å². The van der Waals surface area contributed by atoms with Crippen LogP contribution in [0.1, 0.15) is 38.5 Å². The van der Waals surface area contributed by atoms with Crippen LogP contribution in [0.4, 0.5) is 0 Å². The molecule has 0 bridgehead atoms. The van der Waals surface area contributed by atoms with Crippen molar-refractivity contribution in [1.29, 1.82) is 5.26 Å². The zero-order valence-corrected chi connectivity index (χ0v) is 7.75. The molecule has 0 N–H and O–H groups in total. The van der Waals surface area contributed by atoms with Gasteiger partial charge in [-0.05, 0) is 18.8 Å². The molecule has 0 spiro atoms. The average Bonchev–Trinajstić information content (AvgIpc) is 2.35. The molecule has 0 saturated heterocycles. The molecule has 1 aliphatic carbocycles. The third-order valence-electron chi connectivity index (χ3n) is 2.71. The van der Waals surface area contributed by atoms with Crippen molar-refractivity contribution in [1.82, 2.24) is 0 Å². The highest BCUT2D eigenvalue weighted by atomic mass is 16.5. The minimum atomic E-state index is -0.164. The second-order valence-electron chi connectivity index (χ2n) is 3.54. The normalized spacial score (nSPS) is 22.7. The quantitative estimate of drug-likeness (QED) is 0.592. The monoisotopic (exact) mass is 167 g/mol. The molecule has 2 nitrogen and oxygen atoms in total. The number of methoxy groups -OCH3 is 1. The van der Waals surface area contributed by atoms with Crippen molar-refractivity contribution in [2.75, 3.05) is 7.11 Å². The molecule has 0 heterocycles. The molecule has 1 atom stereocenters. The van der Waals surface area contributed by atoms with Crippen molar-refractivity contribution in [2.24, 2.45) is 5.92 Å². The van der Waals surface area contributed by atoms with Crippen LogP contribution < -0.4 is 0 Å². The van der Waals surface area contributed by atoms with Gasteiger partial charge in [0.2, 0.25) is 0 Å². The lowest BCUT2D eigenvalue weighted by Gasteiger charge is -2.17. The Morgan fingerprint density at radius 1 is 1.25 bits per heavy atom. The summed E-state index contributed by atoms with van der Waals surface area (Å²) in [6.45, 7) is 0. The lowest BCUT2D eigenvalue weighted by Crippen LogP contribution is -2.20. The summed E-state index contributed by atoms with van der Waals surface area (Å²) in [6.07, 6.45) is 7.39. The fourth-order valence-corrected chi connectivity index (χ4v) is 1.96. The van der Waals surface area contributed by atoms with E-state index < -0.39 is 0 Å². The first-order chi connectivity index (χ1) is 5.88. The Morgan fingerprint density at radius 3 is 2.25 bits per heavy atom. The minimum Gasteiger partial charge on any atom is -0.366 e. The number of rotatable bonds is 2. The van der Waals surface area contributed by atoms with Crippen LogP contribution in [0.15, 0.2) is 0 Å². The van der Waals surface area contributed by atoms with E-state index >= 15 is 0 Å². The zero-order chi connectivity index (χ0) is 8.81. The van der Waals surface area contributed by atoms with Gasteiger partial charge in [0.05, 0.1) is 6.07 Å². The summed E-state index contributed by atoms with van der Waals surface area (Å²) in [5.41, 5.74) is 0. The highest BCUT2D eigenvalue weighted by Crippen LogP contribution is 2.26. The first-order valence-corrected chi connectivity index (χ1v) is 4.81. The van der Waals surface area contributed by atoms with Gasteiger partial charge in [-0.25, -0.2) is 0 Å². The van der Waals surface area contributed by atoms with Crippen LogP contribution in [-0.4, -0.2) is 13.2 Å². The van der Waals surface area contributed by atoms with Gasteiger partial charge in [0, 0.05) is 7.11 Å². The SMILES string of the molecule is COC(C#N)C1CCCCCC1. The van der Waals surface area contributed by atoms with E-state index in [4.69, 9.17) is 10.00 Å². The number of nitrogens with zero attached hydrogens (tertiary/aromatic N) is 1. The number of hydrogen-bond donors (Lipinski definition) is 0. The summed E-state index contributed by atoms with van der Waals surface area (Å²) in [5.74, 6) is 0.488. The third-order valence-corrected chi connectivity index (χ3v) is 2.71. The third kappa shape index (κ3) is 2.49. The van der Waals surface area contributed by atoms with E-state index in [1.807, 2.05) is 0 Å². The second-order valence-corrected chi connectivity index (χ2v) is 3.54. The van der Waals surface area contributed by atoms with Crippen LogP contribution in [0.3, 0.4) is 0 Å². The van der Waals surface area contributed by atoms with Crippen molar-refractivity contribution in [3.8, 4) is 6.07 Å². The summed E-state index contributed by atoms with van der Waals surface area (Å²) in [7, 11) is 1.64. The topological polar surface area (TPSA) is 33.0 Å². The second kappa shape index (κ2) is 5.16. The highest BCUT2D eigenvalue weighted by molar-refractivity contribution is 4.90. The molecule has 2 heteroatoms. The minimum absolute atomic E-state index is 0.164. The summed E-state index contributed by atoms with van der Waals surface area (Å²) >= 11 is 0. The fourth-order valence-electron chi connectivity index (χ4n) is 1.96. The van der Waals surface area contributed by atoms with Crippen molar-refractivity contribution in [3.05, 3.63) is 0 Å². The Bertz CT molecular complexity index is 154. The van der Waals surface area contributed by atoms with Gasteiger partial charge in [0.25, 0.3) is 0 Å². The maximum absolute atomic E-state index is 8.80. The smallest absolute Gasteiger partial charge is 0.146 e. The summed E-state index contributed by atoms with van der Waals surface area (Å²) in [4.78, 5) is 0. The van der Waals surface area contributed by atoms with Gasteiger partial charge in [-0.15, -0.1) is 0 Å². The molecule has 12 heavy (non-hydrogen) atoms. The van der Waals surface area contributed by atoms with E-state index in [1.54, 1.807) is 7.11 Å². The molecule has 1 rings (SSSR count). The molecule has 0 aliphatic heterocycles.